The number of aromatic nitrogens is 4. The number of nitrogens with two attached hydrogens (primary N) is 1. The molecule has 3 aromatic rings. The molecule has 0 fully saturated rings. The lowest BCUT2D eigenvalue weighted by atomic mass is 10.0. The average Bonchev–Trinajstić information content (AvgIpc) is 3.18. The topological polar surface area (TPSA) is 111 Å². The zero-order valence-electron chi connectivity index (χ0n) is 15.2. The Morgan fingerprint density at radius 2 is 2.04 bits per heavy atom. The molecule has 0 spiro atoms. The molecule has 4 N–H and O–H groups in total. The number of nitrogens with zero attached hydrogens (tertiary/aromatic N) is 4. The van der Waals surface area contributed by atoms with Gasteiger partial charge in [-0.2, -0.15) is 5.10 Å². The van der Waals surface area contributed by atoms with Crippen LogP contribution in [0.2, 0.25) is 0 Å². The van der Waals surface area contributed by atoms with E-state index in [4.69, 9.17) is 5.73 Å². The van der Waals surface area contributed by atoms with Gasteiger partial charge in [0.15, 0.2) is 0 Å². The summed E-state index contributed by atoms with van der Waals surface area (Å²) in [6.07, 6.45) is 8.56. The average molecular weight is 361 g/mol. The first kappa shape index (κ1) is 16.8. The quantitative estimate of drug-likeness (QED) is 0.618. The first-order valence-corrected chi connectivity index (χ1v) is 8.43. The van der Waals surface area contributed by atoms with Crippen molar-refractivity contribution in [2.45, 2.75) is 13.8 Å². The van der Waals surface area contributed by atoms with Crippen LogP contribution in [0.5, 0.6) is 0 Å². The number of aryl methyl sites for hydroxylation is 1. The largest absolute Gasteiger partial charge is 0.397 e. The van der Waals surface area contributed by atoms with Crippen molar-refractivity contribution in [2.24, 2.45) is 7.05 Å². The van der Waals surface area contributed by atoms with Crippen LogP contribution in [0.3, 0.4) is 0 Å². The fraction of sp³-hybridized carbons (Fsp3) is 0.158. The number of nitrogens with one attached hydrogen (secondary N) is 2. The standard InChI is InChI=1S/C19H19N7O/c1-10-14(6-21-7-15(10)20)16-4-13-17(8-22-16)25-19(27)18(13)11(2)24-12-5-23-26(3)9-12/h4-9,24H,20H2,1-3H3,(H,25,27)/b18-11-. The van der Waals surface area contributed by atoms with Gasteiger partial charge in [0.1, 0.15) is 0 Å². The number of rotatable bonds is 3. The second-order valence-electron chi connectivity index (χ2n) is 6.50. The van der Waals surface area contributed by atoms with E-state index in [1.54, 1.807) is 29.5 Å². The van der Waals surface area contributed by atoms with Gasteiger partial charge >= 0.3 is 0 Å². The van der Waals surface area contributed by atoms with Crippen LogP contribution in [0.1, 0.15) is 18.1 Å². The van der Waals surface area contributed by atoms with Crippen LogP contribution >= 0.6 is 0 Å². The normalized spacial score (nSPS) is 14.7. The van der Waals surface area contributed by atoms with Crippen LogP contribution in [0, 0.1) is 6.92 Å². The van der Waals surface area contributed by atoms with Gasteiger partial charge in [-0.05, 0) is 25.5 Å². The highest BCUT2D eigenvalue weighted by molar-refractivity contribution is 6.32. The molecule has 8 nitrogen and oxygen atoms in total. The number of pyridine rings is 2. The van der Waals surface area contributed by atoms with Crippen molar-refractivity contribution in [3.8, 4) is 11.3 Å². The summed E-state index contributed by atoms with van der Waals surface area (Å²) in [5.41, 5.74) is 12.6. The molecular weight excluding hydrogens is 342 g/mol. The minimum Gasteiger partial charge on any atom is -0.397 e. The first-order chi connectivity index (χ1) is 12.9. The van der Waals surface area contributed by atoms with Crippen molar-refractivity contribution in [3.05, 3.63) is 53.9 Å². The molecule has 0 saturated heterocycles. The lowest BCUT2D eigenvalue weighted by Gasteiger charge is -2.10. The summed E-state index contributed by atoms with van der Waals surface area (Å²) in [7, 11) is 1.84. The van der Waals surface area contributed by atoms with E-state index in [0.717, 1.165) is 28.1 Å². The number of amides is 1. The smallest absolute Gasteiger partial charge is 0.258 e. The number of fused-ring (bicyclic) bond motifs is 1. The third kappa shape index (κ3) is 2.91. The molecule has 1 amide bonds. The number of carbonyl (C=O) groups is 1. The maximum atomic E-state index is 12.5. The molecule has 0 aliphatic carbocycles. The molecule has 0 saturated carbocycles. The van der Waals surface area contributed by atoms with Crippen LogP contribution in [0.4, 0.5) is 17.1 Å². The van der Waals surface area contributed by atoms with Gasteiger partial charge in [-0.3, -0.25) is 19.4 Å². The number of carbonyl (C=O) groups excluding carboxylic acids is 1. The molecule has 0 aromatic carbocycles. The van der Waals surface area contributed by atoms with E-state index in [1.165, 1.54) is 0 Å². The summed E-state index contributed by atoms with van der Waals surface area (Å²) in [4.78, 5) is 21.2. The predicted octanol–water partition coefficient (Wildman–Crippen LogP) is 2.56. The van der Waals surface area contributed by atoms with E-state index < -0.39 is 0 Å². The van der Waals surface area contributed by atoms with Gasteiger partial charge in [0, 0.05) is 36.3 Å². The summed E-state index contributed by atoms with van der Waals surface area (Å²) in [5.74, 6) is -0.166. The van der Waals surface area contributed by atoms with Gasteiger partial charge in [-0.1, -0.05) is 0 Å². The van der Waals surface area contributed by atoms with E-state index in [0.29, 0.717) is 22.6 Å². The van der Waals surface area contributed by atoms with Gasteiger partial charge in [-0.25, -0.2) is 0 Å². The molecule has 4 rings (SSSR count). The Kier molecular flexibility index (Phi) is 3.88. The SMILES string of the molecule is C/C(Nc1cnn(C)c1)=C1/C(=O)Nc2cnc(-c3cncc(N)c3C)cc21. The molecule has 0 radical (unpaired) electrons. The lowest BCUT2D eigenvalue weighted by Crippen LogP contribution is -2.08. The summed E-state index contributed by atoms with van der Waals surface area (Å²) >= 11 is 0. The van der Waals surface area contributed by atoms with Crippen LogP contribution in [-0.2, 0) is 11.8 Å². The molecule has 0 atom stereocenters. The molecule has 4 heterocycles. The number of allylic oxidation sites excluding steroid dienone is 1. The van der Waals surface area contributed by atoms with Crippen molar-refractivity contribution < 1.29 is 4.79 Å². The molecule has 27 heavy (non-hydrogen) atoms. The van der Waals surface area contributed by atoms with Crippen molar-refractivity contribution in [3.63, 3.8) is 0 Å². The molecule has 3 aromatic heterocycles. The molecular formula is C19H19N7O. The number of nitrogen functional groups attached to an aromatic ring is 1. The van der Waals surface area contributed by atoms with E-state index >= 15 is 0 Å². The first-order valence-electron chi connectivity index (χ1n) is 8.43. The second-order valence-corrected chi connectivity index (χ2v) is 6.50. The summed E-state index contributed by atoms with van der Waals surface area (Å²) in [6.45, 7) is 3.79. The lowest BCUT2D eigenvalue weighted by molar-refractivity contribution is -0.110. The maximum Gasteiger partial charge on any atom is 0.258 e. The van der Waals surface area contributed by atoms with Crippen LogP contribution in [-0.4, -0.2) is 25.7 Å². The Morgan fingerprint density at radius 3 is 2.78 bits per heavy atom. The Balaban J connectivity index is 1.79. The van der Waals surface area contributed by atoms with Gasteiger partial charge in [-0.15, -0.1) is 0 Å². The van der Waals surface area contributed by atoms with Crippen molar-refractivity contribution in [1.29, 1.82) is 0 Å². The van der Waals surface area contributed by atoms with Crippen LogP contribution < -0.4 is 16.4 Å². The number of hydrogen-bond acceptors (Lipinski definition) is 6. The Hall–Kier alpha value is -3.68. The molecule has 136 valence electrons. The summed E-state index contributed by atoms with van der Waals surface area (Å²) in [5, 5.41) is 10.2. The van der Waals surface area contributed by atoms with E-state index in [1.807, 2.05) is 33.2 Å². The highest BCUT2D eigenvalue weighted by Gasteiger charge is 2.27. The van der Waals surface area contributed by atoms with Gasteiger partial charge in [0.2, 0.25) is 0 Å². The van der Waals surface area contributed by atoms with Crippen molar-refractivity contribution >= 4 is 28.5 Å². The third-order valence-corrected chi connectivity index (χ3v) is 4.59. The van der Waals surface area contributed by atoms with Crippen LogP contribution in [0.25, 0.3) is 16.8 Å². The Labute approximate surface area is 156 Å². The minimum atomic E-state index is -0.166. The molecule has 8 heteroatoms. The van der Waals surface area contributed by atoms with Crippen molar-refractivity contribution in [1.82, 2.24) is 19.7 Å². The van der Waals surface area contributed by atoms with E-state index in [9.17, 15) is 4.79 Å². The fourth-order valence-electron chi connectivity index (χ4n) is 3.15. The monoisotopic (exact) mass is 361 g/mol. The zero-order valence-corrected chi connectivity index (χ0v) is 15.2. The Bertz CT molecular complexity index is 1100. The fourth-order valence-corrected chi connectivity index (χ4v) is 3.15. The predicted molar refractivity (Wildman–Crippen MR) is 105 cm³/mol. The van der Waals surface area contributed by atoms with E-state index in [2.05, 4.69) is 25.7 Å². The molecule has 0 unspecified atom stereocenters. The van der Waals surface area contributed by atoms with E-state index in [-0.39, 0.29) is 5.91 Å². The molecule has 0 bridgehead atoms. The molecule has 1 aliphatic rings. The van der Waals surface area contributed by atoms with Gasteiger partial charge in [0.05, 0.1) is 46.9 Å². The third-order valence-electron chi connectivity index (χ3n) is 4.59. The summed E-state index contributed by atoms with van der Waals surface area (Å²) < 4.78 is 1.69. The van der Waals surface area contributed by atoms with Crippen molar-refractivity contribution in [2.75, 3.05) is 16.4 Å². The summed E-state index contributed by atoms with van der Waals surface area (Å²) in [6, 6.07) is 1.89. The zero-order chi connectivity index (χ0) is 19.1. The highest BCUT2D eigenvalue weighted by Crippen LogP contribution is 2.36. The van der Waals surface area contributed by atoms with Gasteiger partial charge in [0.25, 0.3) is 5.91 Å². The number of hydrogen-bond donors (Lipinski definition) is 3. The molecule has 1 aliphatic heterocycles. The minimum absolute atomic E-state index is 0.166. The van der Waals surface area contributed by atoms with Gasteiger partial charge < -0.3 is 16.4 Å². The van der Waals surface area contributed by atoms with Crippen LogP contribution in [0.15, 0.2) is 42.7 Å². The maximum absolute atomic E-state index is 12.5. The highest BCUT2D eigenvalue weighted by atomic mass is 16.2. The Morgan fingerprint density at radius 1 is 1.22 bits per heavy atom. The second kappa shape index (κ2) is 6.24. The number of anilines is 3.